The summed E-state index contributed by atoms with van der Waals surface area (Å²) < 4.78 is 15.3. The Balaban J connectivity index is 1.96. The third-order valence-corrected chi connectivity index (χ3v) is 6.37. The van der Waals surface area contributed by atoms with E-state index in [9.17, 15) is 19.1 Å². The number of ketones is 1. The Morgan fingerprint density at radius 2 is 1.79 bits per heavy atom. The summed E-state index contributed by atoms with van der Waals surface area (Å²) in [6.07, 6.45) is 1.81. The molecule has 1 aliphatic rings. The average molecular weight is 427 g/mol. The maximum Gasteiger partial charge on any atom is 0.301 e. The van der Waals surface area contributed by atoms with Gasteiger partial charge in [0.1, 0.15) is 17.6 Å². The first-order chi connectivity index (χ1) is 14.0. The molecule has 0 spiro atoms. The van der Waals surface area contributed by atoms with Crippen LogP contribution >= 0.6 is 23.1 Å². The van der Waals surface area contributed by atoms with Crippen LogP contribution in [0.15, 0.2) is 64.5 Å². The second kappa shape index (κ2) is 7.76. The smallest absolute Gasteiger partial charge is 0.301 e. The maximum absolute atomic E-state index is 14.7. The Hall–Kier alpha value is -3.04. The van der Waals surface area contributed by atoms with Crippen molar-refractivity contribution in [1.82, 2.24) is 10.2 Å². The first-order valence-corrected chi connectivity index (χ1v) is 10.6. The van der Waals surface area contributed by atoms with E-state index in [1.807, 2.05) is 6.26 Å². The van der Waals surface area contributed by atoms with E-state index in [0.29, 0.717) is 9.90 Å². The molecule has 0 radical (unpaired) electrons. The summed E-state index contributed by atoms with van der Waals surface area (Å²) in [5.74, 6) is -2.76. The lowest BCUT2D eigenvalue weighted by molar-refractivity contribution is -0.132. The zero-order chi connectivity index (χ0) is 20.5. The number of amides is 1. The first kappa shape index (κ1) is 19.3. The summed E-state index contributed by atoms with van der Waals surface area (Å²) in [5.41, 5.74) is 0.256. The van der Waals surface area contributed by atoms with Crippen LogP contribution in [0, 0.1) is 5.82 Å². The minimum Gasteiger partial charge on any atom is -0.507 e. The van der Waals surface area contributed by atoms with E-state index in [2.05, 4.69) is 10.2 Å². The van der Waals surface area contributed by atoms with E-state index in [-0.39, 0.29) is 22.0 Å². The molecule has 0 saturated carbocycles. The van der Waals surface area contributed by atoms with Crippen molar-refractivity contribution in [2.24, 2.45) is 0 Å². The monoisotopic (exact) mass is 427 g/mol. The average Bonchev–Trinajstić information content (AvgIpc) is 3.31. The van der Waals surface area contributed by atoms with Gasteiger partial charge >= 0.3 is 5.91 Å². The lowest BCUT2D eigenvalue weighted by Gasteiger charge is -2.22. The van der Waals surface area contributed by atoms with Crippen LogP contribution in [0.2, 0.25) is 0 Å². The van der Waals surface area contributed by atoms with Crippen molar-refractivity contribution in [3.8, 4) is 0 Å². The number of thioether (sulfide) groups is 1. The van der Waals surface area contributed by atoms with E-state index in [1.165, 1.54) is 30.0 Å². The number of nitrogens with zero attached hydrogens (tertiary/aromatic N) is 3. The van der Waals surface area contributed by atoms with Gasteiger partial charge in [0, 0.05) is 11.1 Å². The van der Waals surface area contributed by atoms with Crippen molar-refractivity contribution in [3.05, 3.63) is 77.1 Å². The van der Waals surface area contributed by atoms with Gasteiger partial charge in [0.2, 0.25) is 5.13 Å². The van der Waals surface area contributed by atoms with Crippen molar-refractivity contribution < 1.29 is 19.1 Å². The number of hydrogen-bond acceptors (Lipinski definition) is 7. The van der Waals surface area contributed by atoms with E-state index in [4.69, 9.17) is 0 Å². The fourth-order valence-electron chi connectivity index (χ4n) is 3.15. The normalized spacial score (nSPS) is 18.4. The highest BCUT2D eigenvalue weighted by Gasteiger charge is 2.49. The van der Waals surface area contributed by atoms with Crippen LogP contribution < -0.4 is 4.90 Å². The Morgan fingerprint density at radius 1 is 1.10 bits per heavy atom. The molecule has 0 bridgehead atoms. The van der Waals surface area contributed by atoms with Gasteiger partial charge in [0.25, 0.3) is 5.78 Å². The molecule has 1 aliphatic heterocycles. The van der Waals surface area contributed by atoms with Gasteiger partial charge in [-0.1, -0.05) is 71.6 Å². The highest BCUT2D eigenvalue weighted by Crippen LogP contribution is 2.44. The Morgan fingerprint density at radius 3 is 2.45 bits per heavy atom. The van der Waals surface area contributed by atoms with Gasteiger partial charge in [-0.2, -0.15) is 0 Å². The first-order valence-electron chi connectivity index (χ1n) is 8.51. The molecule has 1 unspecified atom stereocenters. The molecule has 146 valence electrons. The van der Waals surface area contributed by atoms with Gasteiger partial charge in [-0.15, -0.1) is 10.2 Å². The minimum absolute atomic E-state index is 0.0880. The zero-order valence-corrected chi connectivity index (χ0v) is 16.7. The second-order valence-electron chi connectivity index (χ2n) is 6.11. The van der Waals surface area contributed by atoms with Crippen LogP contribution in [0.25, 0.3) is 5.76 Å². The number of aliphatic hydroxyl groups excluding tert-OH is 1. The summed E-state index contributed by atoms with van der Waals surface area (Å²) in [7, 11) is 0. The highest BCUT2D eigenvalue weighted by atomic mass is 32.2. The molecule has 29 heavy (non-hydrogen) atoms. The quantitative estimate of drug-likeness (QED) is 0.223. The molecular weight excluding hydrogens is 413 g/mol. The summed E-state index contributed by atoms with van der Waals surface area (Å²) in [5, 5.41) is 19.0. The molecule has 4 rings (SSSR count). The topological polar surface area (TPSA) is 83.4 Å². The number of rotatable bonds is 4. The highest BCUT2D eigenvalue weighted by molar-refractivity contribution is 8.00. The predicted octanol–water partition coefficient (Wildman–Crippen LogP) is 4.03. The van der Waals surface area contributed by atoms with Gasteiger partial charge in [0.05, 0.1) is 5.57 Å². The molecular formula is C20H14FN3O3S2. The summed E-state index contributed by atoms with van der Waals surface area (Å²) in [4.78, 5) is 26.9. The molecule has 9 heteroatoms. The van der Waals surface area contributed by atoms with E-state index >= 15 is 0 Å². The third kappa shape index (κ3) is 3.32. The van der Waals surface area contributed by atoms with Gasteiger partial charge in [-0.25, -0.2) is 4.39 Å². The lowest BCUT2D eigenvalue weighted by Crippen LogP contribution is -2.29. The second-order valence-corrected chi connectivity index (χ2v) is 8.12. The standard InChI is InChI=1S/C20H14FN3O3S2/c1-28-20-23-22-19(29-20)24-15(12-9-5-6-10-13(12)21)14(17(26)18(24)27)16(25)11-7-3-2-4-8-11/h2-10,15,25H,1H3/b16-14-. The molecule has 2 heterocycles. The number of hydrogen-bond donors (Lipinski definition) is 1. The summed E-state index contributed by atoms with van der Waals surface area (Å²) in [6, 6.07) is 13.0. The fourth-order valence-corrected chi connectivity index (χ4v) is 4.44. The predicted molar refractivity (Wildman–Crippen MR) is 109 cm³/mol. The van der Waals surface area contributed by atoms with E-state index in [1.54, 1.807) is 36.4 Å². The van der Waals surface area contributed by atoms with Gasteiger partial charge in [-0.3, -0.25) is 14.5 Å². The van der Waals surface area contributed by atoms with Crippen molar-refractivity contribution in [2.45, 2.75) is 10.4 Å². The molecule has 3 aromatic rings. The molecule has 1 saturated heterocycles. The van der Waals surface area contributed by atoms with Gasteiger partial charge < -0.3 is 5.11 Å². The van der Waals surface area contributed by atoms with E-state index in [0.717, 1.165) is 16.2 Å². The Bertz CT molecular complexity index is 1130. The SMILES string of the molecule is CSc1nnc(N2C(=O)C(=O)/C(=C(\O)c3ccccc3)C2c2ccccc2F)s1. The Labute approximate surface area is 173 Å². The van der Waals surface area contributed by atoms with Crippen molar-refractivity contribution in [1.29, 1.82) is 0 Å². The largest absolute Gasteiger partial charge is 0.507 e. The van der Waals surface area contributed by atoms with Crippen LogP contribution in [0.1, 0.15) is 17.2 Å². The lowest BCUT2D eigenvalue weighted by atomic mass is 9.95. The maximum atomic E-state index is 14.7. The number of benzene rings is 2. The number of anilines is 1. The molecule has 6 nitrogen and oxygen atoms in total. The molecule has 1 fully saturated rings. The Kier molecular flexibility index (Phi) is 5.16. The van der Waals surface area contributed by atoms with Crippen LogP contribution in [-0.4, -0.2) is 33.3 Å². The number of Topliss-reactive ketones (excluding diaryl/α,β-unsaturated/α-hetero) is 1. The number of aliphatic hydroxyl groups is 1. The molecule has 2 aromatic carbocycles. The number of carbonyl (C=O) groups is 2. The minimum atomic E-state index is -1.15. The number of halogens is 1. The third-order valence-electron chi connectivity index (χ3n) is 4.47. The van der Waals surface area contributed by atoms with Gasteiger partial charge in [-0.05, 0) is 12.3 Å². The number of carbonyl (C=O) groups excluding carboxylic acids is 2. The van der Waals surface area contributed by atoms with Crippen molar-refractivity contribution in [2.75, 3.05) is 11.2 Å². The summed E-state index contributed by atoms with van der Waals surface area (Å²) in [6.45, 7) is 0. The van der Waals surface area contributed by atoms with Crippen LogP contribution in [0.4, 0.5) is 9.52 Å². The molecule has 1 N–H and O–H groups in total. The van der Waals surface area contributed by atoms with Crippen LogP contribution in [-0.2, 0) is 9.59 Å². The van der Waals surface area contributed by atoms with Crippen LogP contribution in [0.5, 0.6) is 0 Å². The van der Waals surface area contributed by atoms with E-state index < -0.39 is 23.5 Å². The number of aromatic nitrogens is 2. The molecule has 1 aromatic heterocycles. The molecule has 0 aliphatic carbocycles. The summed E-state index contributed by atoms with van der Waals surface area (Å²) >= 11 is 2.46. The van der Waals surface area contributed by atoms with Crippen molar-refractivity contribution in [3.63, 3.8) is 0 Å². The van der Waals surface area contributed by atoms with Crippen molar-refractivity contribution >= 4 is 45.7 Å². The molecule has 1 amide bonds. The van der Waals surface area contributed by atoms with Gasteiger partial charge in [0.15, 0.2) is 4.34 Å². The van der Waals surface area contributed by atoms with Crippen LogP contribution in [0.3, 0.4) is 0 Å². The molecule has 1 atom stereocenters. The zero-order valence-electron chi connectivity index (χ0n) is 15.1. The fraction of sp³-hybridized carbons (Fsp3) is 0.100.